The zero-order chi connectivity index (χ0) is 16.9. The third-order valence-electron chi connectivity index (χ3n) is 3.49. The highest BCUT2D eigenvalue weighted by Crippen LogP contribution is 2.30. The molecule has 0 spiro atoms. The molecule has 23 heavy (non-hydrogen) atoms. The van der Waals surface area contributed by atoms with Gasteiger partial charge in [0.25, 0.3) is 0 Å². The average molecular weight is 323 g/mol. The standard InChI is InChI=1S/C15H16F3N5/c16-15(17,18)11-5-4-6-12(9-11)21-22-13(10-19)14(20)23-7-2-1-3-8-23/h4-6,9,20-21H,1-3,7-8H2/b20-14?,22-13-. The Morgan fingerprint density at radius 1 is 1.26 bits per heavy atom. The van der Waals surface area contributed by atoms with Crippen LogP contribution in [0.1, 0.15) is 24.8 Å². The summed E-state index contributed by atoms with van der Waals surface area (Å²) in [5.74, 6) is -0.00771. The Balaban J connectivity index is 2.10. The minimum Gasteiger partial charge on any atom is -0.355 e. The third-order valence-corrected chi connectivity index (χ3v) is 3.49. The maximum Gasteiger partial charge on any atom is 0.416 e. The molecule has 1 fully saturated rings. The van der Waals surface area contributed by atoms with Gasteiger partial charge in [-0.15, -0.1) is 0 Å². The summed E-state index contributed by atoms with van der Waals surface area (Å²) in [6, 6.07) is 6.34. The van der Waals surface area contributed by atoms with E-state index >= 15 is 0 Å². The van der Waals surface area contributed by atoms with Crippen LogP contribution < -0.4 is 5.43 Å². The predicted octanol–water partition coefficient (Wildman–Crippen LogP) is 3.46. The van der Waals surface area contributed by atoms with Crippen molar-refractivity contribution in [2.75, 3.05) is 18.5 Å². The van der Waals surface area contributed by atoms with E-state index in [1.165, 1.54) is 12.1 Å². The Bertz CT molecular complexity index is 639. The fourth-order valence-electron chi connectivity index (χ4n) is 2.28. The molecule has 122 valence electrons. The van der Waals surface area contributed by atoms with E-state index in [4.69, 9.17) is 10.7 Å². The molecule has 0 unspecified atom stereocenters. The number of nitriles is 1. The van der Waals surface area contributed by atoms with Gasteiger partial charge < -0.3 is 4.90 Å². The number of amidine groups is 1. The largest absolute Gasteiger partial charge is 0.416 e. The maximum absolute atomic E-state index is 12.6. The van der Waals surface area contributed by atoms with Gasteiger partial charge in [0.1, 0.15) is 6.07 Å². The Morgan fingerprint density at radius 2 is 1.96 bits per heavy atom. The second-order valence-corrected chi connectivity index (χ2v) is 5.16. The normalized spacial score (nSPS) is 15.9. The van der Waals surface area contributed by atoms with Gasteiger partial charge in [0, 0.05) is 13.1 Å². The Hall–Kier alpha value is -2.56. The van der Waals surface area contributed by atoms with Crippen molar-refractivity contribution >= 4 is 17.2 Å². The summed E-state index contributed by atoms with van der Waals surface area (Å²) in [6.45, 7) is 1.37. The molecule has 1 aromatic carbocycles. The predicted molar refractivity (Wildman–Crippen MR) is 81.3 cm³/mol. The quantitative estimate of drug-likeness (QED) is 0.508. The van der Waals surface area contributed by atoms with Gasteiger partial charge >= 0.3 is 6.18 Å². The van der Waals surface area contributed by atoms with Crippen molar-refractivity contribution in [3.8, 4) is 6.07 Å². The van der Waals surface area contributed by atoms with Crippen LogP contribution in [-0.2, 0) is 6.18 Å². The van der Waals surface area contributed by atoms with Gasteiger partial charge in [-0.3, -0.25) is 10.8 Å². The van der Waals surface area contributed by atoms with E-state index in [1.807, 2.05) is 6.07 Å². The molecule has 0 bridgehead atoms. The molecule has 0 radical (unpaired) electrons. The fourth-order valence-corrected chi connectivity index (χ4v) is 2.28. The molecule has 0 saturated carbocycles. The first-order valence-corrected chi connectivity index (χ1v) is 7.17. The number of anilines is 1. The van der Waals surface area contributed by atoms with Gasteiger partial charge in [-0.2, -0.15) is 23.5 Å². The molecule has 2 rings (SSSR count). The van der Waals surface area contributed by atoms with Crippen LogP contribution >= 0.6 is 0 Å². The van der Waals surface area contributed by atoms with E-state index in [0.717, 1.165) is 31.4 Å². The third kappa shape index (κ3) is 4.45. The number of nitrogens with zero attached hydrogens (tertiary/aromatic N) is 3. The van der Waals surface area contributed by atoms with Gasteiger partial charge in [-0.1, -0.05) is 6.07 Å². The maximum atomic E-state index is 12.6. The number of hydrazone groups is 1. The molecular weight excluding hydrogens is 307 g/mol. The number of benzene rings is 1. The average Bonchev–Trinajstić information content (AvgIpc) is 2.55. The van der Waals surface area contributed by atoms with Crippen molar-refractivity contribution in [3.63, 3.8) is 0 Å². The van der Waals surface area contributed by atoms with Gasteiger partial charge in [0.15, 0.2) is 5.84 Å². The lowest BCUT2D eigenvalue weighted by Crippen LogP contribution is -2.39. The molecule has 0 aromatic heterocycles. The highest BCUT2D eigenvalue weighted by molar-refractivity contribution is 6.46. The van der Waals surface area contributed by atoms with Gasteiger partial charge in [-0.05, 0) is 37.5 Å². The first kappa shape index (κ1) is 16.8. The Kier molecular flexibility index (Phi) is 5.21. The number of rotatable bonds is 3. The highest BCUT2D eigenvalue weighted by atomic mass is 19.4. The molecule has 1 aliphatic rings. The van der Waals surface area contributed by atoms with Crippen LogP contribution in [0.4, 0.5) is 18.9 Å². The summed E-state index contributed by atoms with van der Waals surface area (Å²) >= 11 is 0. The highest BCUT2D eigenvalue weighted by Gasteiger charge is 2.30. The number of hydrogen-bond acceptors (Lipinski definition) is 4. The first-order valence-electron chi connectivity index (χ1n) is 7.17. The Labute approximate surface area is 131 Å². The fraction of sp³-hybridized carbons (Fsp3) is 0.400. The van der Waals surface area contributed by atoms with Crippen LogP contribution in [0.3, 0.4) is 0 Å². The molecule has 0 amide bonds. The van der Waals surface area contributed by atoms with E-state index in [1.54, 1.807) is 4.90 Å². The van der Waals surface area contributed by atoms with E-state index in [2.05, 4.69) is 10.5 Å². The molecular formula is C15H16F3N5. The summed E-state index contributed by atoms with van der Waals surface area (Å²) in [4.78, 5) is 1.75. The Morgan fingerprint density at radius 3 is 2.57 bits per heavy atom. The van der Waals surface area contributed by atoms with Crippen molar-refractivity contribution in [2.24, 2.45) is 5.10 Å². The smallest absolute Gasteiger partial charge is 0.355 e. The number of halogens is 3. The van der Waals surface area contributed by atoms with E-state index in [9.17, 15) is 13.2 Å². The van der Waals surface area contributed by atoms with Crippen molar-refractivity contribution in [1.82, 2.24) is 4.90 Å². The van der Waals surface area contributed by atoms with E-state index in [-0.39, 0.29) is 17.2 Å². The molecule has 8 heteroatoms. The number of alkyl halides is 3. The van der Waals surface area contributed by atoms with Crippen LogP contribution in [0.25, 0.3) is 0 Å². The van der Waals surface area contributed by atoms with Crippen molar-refractivity contribution < 1.29 is 13.2 Å². The zero-order valence-corrected chi connectivity index (χ0v) is 12.3. The van der Waals surface area contributed by atoms with E-state index < -0.39 is 11.7 Å². The number of likely N-dealkylation sites (tertiary alicyclic amines) is 1. The van der Waals surface area contributed by atoms with Crippen LogP contribution in [0, 0.1) is 16.7 Å². The number of hydrogen-bond donors (Lipinski definition) is 2. The first-order chi connectivity index (χ1) is 10.9. The topological polar surface area (TPSA) is 75.3 Å². The molecule has 1 aromatic rings. The van der Waals surface area contributed by atoms with Crippen LogP contribution in [0.2, 0.25) is 0 Å². The second kappa shape index (κ2) is 7.13. The lowest BCUT2D eigenvalue weighted by molar-refractivity contribution is -0.137. The lowest BCUT2D eigenvalue weighted by atomic mass is 10.1. The van der Waals surface area contributed by atoms with E-state index in [0.29, 0.717) is 13.1 Å². The minimum absolute atomic E-state index is 0.00771. The number of piperidine rings is 1. The summed E-state index contributed by atoms with van der Waals surface area (Å²) in [5.41, 5.74) is 1.58. The van der Waals surface area contributed by atoms with Gasteiger partial charge in [-0.25, -0.2) is 0 Å². The summed E-state index contributed by atoms with van der Waals surface area (Å²) in [6.07, 6.45) is -1.46. The molecule has 1 saturated heterocycles. The minimum atomic E-state index is -4.44. The summed E-state index contributed by atoms with van der Waals surface area (Å²) in [7, 11) is 0. The SMILES string of the molecule is N#C/C(=N/Nc1cccc(C(F)(F)F)c1)C(=N)N1CCCCC1. The molecule has 1 heterocycles. The number of nitrogens with one attached hydrogen (secondary N) is 2. The van der Waals surface area contributed by atoms with Gasteiger partial charge in [0.05, 0.1) is 11.3 Å². The lowest BCUT2D eigenvalue weighted by Gasteiger charge is -2.27. The van der Waals surface area contributed by atoms with Crippen LogP contribution in [0.15, 0.2) is 29.4 Å². The summed E-state index contributed by atoms with van der Waals surface area (Å²) in [5, 5.41) is 20.9. The molecule has 2 N–H and O–H groups in total. The molecule has 1 aliphatic heterocycles. The molecule has 5 nitrogen and oxygen atoms in total. The second-order valence-electron chi connectivity index (χ2n) is 5.16. The molecule has 0 atom stereocenters. The monoisotopic (exact) mass is 323 g/mol. The van der Waals surface area contributed by atoms with Gasteiger partial charge in [0.2, 0.25) is 5.71 Å². The van der Waals surface area contributed by atoms with Crippen molar-refractivity contribution in [3.05, 3.63) is 29.8 Å². The summed E-state index contributed by atoms with van der Waals surface area (Å²) < 4.78 is 37.9. The zero-order valence-electron chi connectivity index (χ0n) is 12.3. The van der Waals surface area contributed by atoms with Crippen LogP contribution in [0.5, 0.6) is 0 Å². The van der Waals surface area contributed by atoms with Crippen molar-refractivity contribution in [2.45, 2.75) is 25.4 Å². The molecule has 0 aliphatic carbocycles. The van der Waals surface area contributed by atoms with Crippen molar-refractivity contribution in [1.29, 1.82) is 10.7 Å². The van der Waals surface area contributed by atoms with Crippen LogP contribution in [-0.4, -0.2) is 29.5 Å².